The average Bonchev–Trinajstić information content (AvgIpc) is 2.94. The van der Waals surface area contributed by atoms with Gasteiger partial charge in [-0.25, -0.2) is 0 Å². The van der Waals surface area contributed by atoms with Gasteiger partial charge in [-0.15, -0.1) is 54.1 Å². The van der Waals surface area contributed by atoms with E-state index in [-0.39, 0.29) is 25.7 Å². The normalized spacial score (nSPS) is 14.1. The van der Waals surface area contributed by atoms with Crippen molar-refractivity contribution in [3.8, 4) is 39.4 Å². The molecule has 0 aliphatic carbocycles. The third-order valence-corrected chi connectivity index (χ3v) is 8.29. The van der Waals surface area contributed by atoms with E-state index in [9.17, 15) is 0 Å². The zero-order valence-corrected chi connectivity index (χ0v) is 23.3. The summed E-state index contributed by atoms with van der Waals surface area (Å²) in [6, 6.07) is 35.6. The first kappa shape index (κ1) is 21.9. The van der Waals surface area contributed by atoms with Crippen LogP contribution in [0.25, 0.3) is 33.6 Å². The molecule has 0 N–H and O–H groups in total. The van der Waals surface area contributed by atoms with Gasteiger partial charge in [0.2, 0.25) is 0 Å². The van der Waals surface area contributed by atoms with Crippen molar-refractivity contribution in [2.45, 2.75) is 19.9 Å². The minimum absolute atomic E-state index is 0. The Morgan fingerprint density at radius 1 is 0.778 bits per heavy atom. The summed E-state index contributed by atoms with van der Waals surface area (Å²) in [6.45, 7) is 2.39. The SMILES string of the molecule is C[Si]1(C)Oc2c(-c3ccccn3)[c-]ccc2-c2ccccc21.[2H]C([2H])([2H])c1ccc(-c2[c-]cccc2)nc1.[Ir]. The second-order valence-electron chi connectivity index (χ2n) is 8.68. The number of aryl methyl sites for hydroxylation is 1. The van der Waals surface area contributed by atoms with Gasteiger partial charge in [0.15, 0.2) is 0 Å². The van der Waals surface area contributed by atoms with Crippen LogP contribution in [0, 0.1) is 19.0 Å². The molecule has 36 heavy (non-hydrogen) atoms. The molecule has 0 fully saturated rings. The van der Waals surface area contributed by atoms with Crippen LogP contribution >= 0.6 is 0 Å². The Morgan fingerprint density at radius 2 is 1.61 bits per heavy atom. The van der Waals surface area contributed by atoms with Crippen LogP contribution in [0.2, 0.25) is 13.1 Å². The molecule has 0 amide bonds. The summed E-state index contributed by atoms with van der Waals surface area (Å²) in [5.41, 5.74) is 6.13. The van der Waals surface area contributed by atoms with Gasteiger partial charge < -0.3 is 14.4 Å². The molecule has 3 heterocycles. The van der Waals surface area contributed by atoms with Gasteiger partial charge in [-0.05, 0) is 53.7 Å². The molecular formula is C31H26IrN2OSi-2. The molecule has 3 nitrogen and oxygen atoms in total. The topological polar surface area (TPSA) is 35.0 Å². The van der Waals surface area contributed by atoms with Gasteiger partial charge in [0.05, 0.1) is 0 Å². The van der Waals surface area contributed by atoms with Gasteiger partial charge in [0.25, 0.3) is 8.32 Å². The van der Waals surface area contributed by atoms with Crippen molar-refractivity contribution >= 4 is 13.5 Å². The van der Waals surface area contributed by atoms with Gasteiger partial charge in [0, 0.05) is 42.4 Å². The van der Waals surface area contributed by atoms with Crippen LogP contribution in [0.15, 0.2) is 103 Å². The van der Waals surface area contributed by atoms with Crippen LogP contribution in [0.1, 0.15) is 9.68 Å². The predicted molar refractivity (Wildman–Crippen MR) is 145 cm³/mol. The largest absolute Gasteiger partial charge is 0.583 e. The van der Waals surface area contributed by atoms with E-state index in [1.807, 2.05) is 48.7 Å². The number of aromatic nitrogens is 2. The molecular weight excluding hydrogens is 637 g/mol. The molecule has 2 aromatic heterocycles. The Bertz CT molecular complexity index is 1530. The van der Waals surface area contributed by atoms with E-state index in [1.54, 1.807) is 18.2 Å². The first-order chi connectivity index (χ1) is 18.2. The van der Waals surface area contributed by atoms with E-state index in [2.05, 4.69) is 65.5 Å². The molecule has 6 rings (SSSR count). The van der Waals surface area contributed by atoms with Crippen LogP contribution in [0.3, 0.4) is 0 Å². The van der Waals surface area contributed by atoms with Crippen molar-refractivity contribution < 1.29 is 28.6 Å². The summed E-state index contributed by atoms with van der Waals surface area (Å²) in [5.74, 6) is 0.927. The Hall–Kier alpha value is -3.37. The van der Waals surface area contributed by atoms with Crippen LogP contribution in [-0.4, -0.2) is 18.3 Å². The van der Waals surface area contributed by atoms with E-state index >= 15 is 0 Å². The Kier molecular flexibility index (Phi) is 6.76. The molecule has 0 saturated heterocycles. The molecule has 5 aromatic rings. The van der Waals surface area contributed by atoms with Crippen molar-refractivity contribution in [3.63, 3.8) is 0 Å². The van der Waals surface area contributed by atoms with Crippen molar-refractivity contribution in [1.82, 2.24) is 9.97 Å². The van der Waals surface area contributed by atoms with Gasteiger partial charge >= 0.3 is 0 Å². The molecule has 0 unspecified atom stereocenters. The molecule has 0 atom stereocenters. The number of fused-ring (bicyclic) bond motifs is 3. The monoisotopic (exact) mass is 666 g/mol. The maximum absolute atomic E-state index is 7.23. The zero-order valence-electron chi connectivity index (χ0n) is 23.0. The fourth-order valence-corrected chi connectivity index (χ4v) is 6.36. The van der Waals surface area contributed by atoms with E-state index in [0.29, 0.717) is 0 Å². The minimum Gasteiger partial charge on any atom is -0.583 e. The van der Waals surface area contributed by atoms with E-state index in [4.69, 9.17) is 8.54 Å². The van der Waals surface area contributed by atoms with Crippen molar-refractivity contribution in [2.75, 3.05) is 0 Å². The fraction of sp³-hybridized carbons (Fsp3) is 0.0968. The maximum Gasteiger partial charge on any atom is 0.264 e. The fourth-order valence-electron chi connectivity index (χ4n) is 4.16. The van der Waals surface area contributed by atoms with E-state index in [1.165, 1.54) is 16.9 Å². The summed E-state index contributed by atoms with van der Waals surface area (Å²) in [5, 5.41) is 1.35. The summed E-state index contributed by atoms with van der Waals surface area (Å²) in [6.07, 6.45) is 3.20. The second kappa shape index (κ2) is 11.1. The summed E-state index contributed by atoms with van der Waals surface area (Å²) in [7, 11) is -1.97. The number of hydrogen-bond acceptors (Lipinski definition) is 3. The van der Waals surface area contributed by atoms with Crippen LogP contribution in [-0.2, 0) is 20.1 Å². The molecule has 0 bridgehead atoms. The third kappa shape index (κ3) is 5.39. The van der Waals surface area contributed by atoms with Crippen molar-refractivity contribution in [3.05, 3.63) is 121 Å². The Labute approximate surface area is 232 Å². The number of hydrogen-bond donors (Lipinski definition) is 0. The van der Waals surface area contributed by atoms with E-state index in [0.717, 1.165) is 33.8 Å². The van der Waals surface area contributed by atoms with Crippen molar-refractivity contribution in [2.24, 2.45) is 0 Å². The summed E-state index contributed by atoms with van der Waals surface area (Å²) >= 11 is 0. The van der Waals surface area contributed by atoms with Gasteiger partial charge in [-0.1, -0.05) is 59.7 Å². The molecule has 3 aromatic carbocycles. The summed E-state index contributed by atoms with van der Waals surface area (Å²) in [4.78, 5) is 8.59. The first-order valence-electron chi connectivity index (χ1n) is 12.9. The average molecular weight is 666 g/mol. The second-order valence-corrected chi connectivity index (χ2v) is 12.4. The van der Waals surface area contributed by atoms with Crippen molar-refractivity contribution in [1.29, 1.82) is 0 Å². The number of benzene rings is 3. The smallest absolute Gasteiger partial charge is 0.264 e. The Morgan fingerprint density at radius 3 is 2.33 bits per heavy atom. The van der Waals surface area contributed by atoms with Gasteiger partial charge in [-0.3, -0.25) is 0 Å². The van der Waals surface area contributed by atoms with Gasteiger partial charge in [-0.2, -0.15) is 0 Å². The Balaban J connectivity index is 0.000000186. The molecule has 5 heteroatoms. The van der Waals surface area contributed by atoms with E-state index < -0.39 is 15.2 Å². The summed E-state index contributed by atoms with van der Waals surface area (Å²) < 4.78 is 28.2. The van der Waals surface area contributed by atoms with Crippen LogP contribution in [0.5, 0.6) is 5.75 Å². The number of nitrogens with zero attached hydrogens (tertiary/aromatic N) is 2. The molecule has 181 valence electrons. The number of rotatable bonds is 2. The zero-order chi connectivity index (χ0) is 26.8. The third-order valence-electron chi connectivity index (χ3n) is 5.84. The van der Waals surface area contributed by atoms with Crippen LogP contribution < -0.4 is 9.61 Å². The first-order valence-corrected chi connectivity index (χ1v) is 14.3. The predicted octanol–water partition coefficient (Wildman–Crippen LogP) is 6.88. The molecule has 1 aliphatic rings. The standard InChI is InChI=1S/C19H16NOSi.C12H10N.Ir/c1-22(2)18-12-4-3-8-14(18)15-9-7-10-16(19(15)21-22)17-11-5-6-13-20-17;1-10-7-8-12(13-9-10)11-5-3-2-4-6-11;/h3-9,11-13H,1-2H3;2-5,7-9H,1H3;/q2*-1;/i;1D3;. The molecule has 0 saturated carbocycles. The molecule has 1 radical (unpaired) electrons. The molecule has 1 aliphatic heterocycles. The minimum atomic E-state index is -2.09. The molecule has 0 spiro atoms. The number of pyridine rings is 2. The quantitative estimate of drug-likeness (QED) is 0.153. The van der Waals surface area contributed by atoms with Gasteiger partial charge in [0.1, 0.15) is 0 Å². The maximum atomic E-state index is 7.23. The van der Waals surface area contributed by atoms with Crippen LogP contribution in [0.4, 0.5) is 0 Å².